The van der Waals surface area contributed by atoms with Crippen LogP contribution in [0, 0.1) is 5.41 Å². The quantitative estimate of drug-likeness (QED) is 0.814. The van der Waals surface area contributed by atoms with Crippen molar-refractivity contribution in [2.75, 3.05) is 6.61 Å². The summed E-state index contributed by atoms with van der Waals surface area (Å²) in [5, 5.41) is 5.17. The summed E-state index contributed by atoms with van der Waals surface area (Å²) in [5.41, 5.74) is -0.0906. The summed E-state index contributed by atoms with van der Waals surface area (Å²) in [5.74, 6) is -0.437. The molecule has 0 bridgehead atoms. The molecule has 0 aliphatic carbocycles. The zero-order valence-electron chi connectivity index (χ0n) is 11.8. The van der Waals surface area contributed by atoms with Gasteiger partial charge < -0.3 is 10.1 Å². The highest BCUT2D eigenvalue weighted by atomic mass is 32.1. The maximum absolute atomic E-state index is 11.9. The standard InChI is InChI=1S/C13H20N2O3S/c1-5-13(3,4)12(17)14-7-10-15-9(8-19-10)11(16)18-6-2/h8H,5-7H2,1-4H3,(H,14,17). The Morgan fingerprint density at radius 3 is 2.68 bits per heavy atom. The predicted octanol–water partition coefficient (Wildman–Crippen LogP) is 2.37. The molecule has 1 aromatic heterocycles. The van der Waals surface area contributed by atoms with Crippen molar-refractivity contribution in [3.05, 3.63) is 16.1 Å². The zero-order chi connectivity index (χ0) is 14.5. The van der Waals surface area contributed by atoms with Crippen LogP contribution in [-0.2, 0) is 16.1 Å². The monoisotopic (exact) mass is 284 g/mol. The molecule has 19 heavy (non-hydrogen) atoms. The number of hydrogen-bond acceptors (Lipinski definition) is 5. The summed E-state index contributed by atoms with van der Waals surface area (Å²) in [7, 11) is 0. The van der Waals surface area contributed by atoms with E-state index in [2.05, 4.69) is 10.3 Å². The van der Waals surface area contributed by atoms with Crippen molar-refractivity contribution in [2.24, 2.45) is 5.41 Å². The van der Waals surface area contributed by atoms with Gasteiger partial charge in [0.05, 0.1) is 13.2 Å². The molecule has 1 N–H and O–H groups in total. The molecule has 1 rings (SSSR count). The maximum Gasteiger partial charge on any atom is 0.357 e. The fraction of sp³-hybridized carbons (Fsp3) is 0.615. The largest absolute Gasteiger partial charge is 0.461 e. The molecule has 6 heteroatoms. The molecule has 106 valence electrons. The van der Waals surface area contributed by atoms with Crippen LogP contribution in [0.1, 0.15) is 49.6 Å². The van der Waals surface area contributed by atoms with E-state index in [1.54, 1.807) is 12.3 Å². The molecule has 0 atom stereocenters. The lowest BCUT2D eigenvalue weighted by Gasteiger charge is -2.20. The van der Waals surface area contributed by atoms with E-state index < -0.39 is 5.97 Å². The summed E-state index contributed by atoms with van der Waals surface area (Å²) < 4.78 is 4.86. The lowest BCUT2D eigenvalue weighted by molar-refractivity contribution is -0.129. The van der Waals surface area contributed by atoms with Gasteiger partial charge in [-0.25, -0.2) is 9.78 Å². The smallest absolute Gasteiger partial charge is 0.357 e. The van der Waals surface area contributed by atoms with E-state index in [0.29, 0.717) is 23.9 Å². The maximum atomic E-state index is 11.9. The van der Waals surface area contributed by atoms with Gasteiger partial charge in [0.2, 0.25) is 5.91 Å². The summed E-state index contributed by atoms with van der Waals surface area (Å²) in [4.78, 5) is 27.5. The molecule has 1 aromatic rings. The molecule has 0 radical (unpaired) electrons. The highest BCUT2D eigenvalue weighted by molar-refractivity contribution is 7.09. The normalized spacial score (nSPS) is 11.2. The zero-order valence-corrected chi connectivity index (χ0v) is 12.6. The SMILES string of the molecule is CCOC(=O)c1csc(CNC(=O)C(C)(C)CC)n1. The molecule has 0 fully saturated rings. The third kappa shape index (κ3) is 4.31. The third-order valence-electron chi connectivity index (χ3n) is 2.94. The highest BCUT2D eigenvalue weighted by Gasteiger charge is 2.25. The summed E-state index contributed by atoms with van der Waals surface area (Å²) in [6, 6.07) is 0. The van der Waals surface area contributed by atoms with Gasteiger partial charge in [0, 0.05) is 10.8 Å². The molecular weight excluding hydrogens is 264 g/mol. The number of carbonyl (C=O) groups excluding carboxylic acids is 2. The van der Waals surface area contributed by atoms with Crippen molar-refractivity contribution in [1.82, 2.24) is 10.3 Å². The van der Waals surface area contributed by atoms with Crippen LogP contribution in [0.5, 0.6) is 0 Å². The Balaban J connectivity index is 2.56. The van der Waals surface area contributed by atoms with Crippen molar-refractivity contribution in [3.63, 3.8) is 0 Å². The number of carbonyl (C=O) groups is 2. The van der Waals surface area contributed by atoms with Gasteiger partial charge in [0.1, 0.15) is 5.01 Å². The minimum atomic E-state index is -0.426. The van der Waals surface area contributed by atoms with Crippen molar-refractivity contribution in [2.45, 2.75) is 40.7 Å². The Bertz CT molecular complexity index is 454. The van der Waals surface area contributed by atoms with Crippen LogP contribution >= 0.6 is 11.3 Å². The molecule has 0 aliphatic rings. The minimum absolute atomic E-state index is 0.0112. The Kier molecular flexibility index (Phi) is 5.47. The summed E-state index contributed by atoms with van der Waals surface area (Å²) in [6.07, 6.45) is 0.769. The Morgan fingerprint density at radius 2 is 2.11 bits per heavy atom. The van der Waals surface area contributed by atoms with Crippen LogP contribution in [0.3, 0.4) is 0 Å². The first-order chi connectivity index (χ1) is 8.90. The van der Waals surface area contributed by atoms with Gasteiger partial charge in [-0.2, -0.15) is 0 Å². The fourth-order valence-electron chi connectivity index (χ4n) is 1.25. The van der Waals surface area contributed by atoms with Crippen LogP contribution in [0.4, 0.5) is 0 Å². The van der Waals surface area contributed by atoms with E-state index >= 15 is 0 Å². The van der Waals surface area contributed by atoms with Crippen LogP contribution in [0.25, 0.3) is 0 Å². The number of rotatable bonds is 6. The number of nitrogens with one attached hydrogen (secondary N) is 1. The second kappa shape index (κ2) is 6.65. The summed E-state index contributed by atoms with van der Waals surface area (Å²) >= 11 is 1.34. The van der Waals surface area contributed by atoms with Crippen molar-refractivity contribution < 1.29 is 14.3 Å². The highest BCUT2D eigenvalue weighted by Crippen LogP contribution is 2.20. The first-order valence-electron chi connectivity index (χ1n) is 6.30. The van der Waals surface area contributed by atoms with E-state index in [1.165, 1.54) is 11.3 Å². The number of ether oxygens (including phenoxy) is 1. The Labute approximate surface area is 117 Å². The van der Waals surface area contributed by atoms with Crippen LogP contribution < -0.4 is 5.32 Å². The molecule has 0 unspecified atom stereocenters. The lowest BCUT2D eigenvalue weighted by Crippen LogP contribution is -2.35. The summed E-state index contributed by atoms with van der Waals surface area (Å²) in [6.45, 7) is 8.18. The molecular formula is C13H20N2O3S. The molecule has 1 heterocycles. The molecule has 0 saturated carbocycles. The molecule has 0 saturated heterocycles. The average Bonchev–Trinajstić information content (AvgIpc) is 2.85. The predicted molar refractivity (Wildman–Crippen MR) is 74.0 cm³/mol. The first-order valence-corrected chi connectivity index (χ1v) is 7.18. The van der Waals surface area contributed by atoms with Gasteiger partial charge in [0.15, 0.2) is 5.69 Å². The average molecular weight is 284 g/mol. The Morgan fingerprint density at radius 1 is 1.42 bits per heavy atom. The second-order valence-corrected chi connectivity index (χ2v) is 5.71. The van der Waals surface area contributed by atoms with Gasteiger partial charge in [-0.15, -0.1) is 11.3 Å². The van der Waals surface area contributed by atoms with Gasteiger partial charge in [-0.3, -0.25) is 4.79 Å². The number of amides is 1. The first kappa shape index (κ1) is 15.6. The third-order valence-corrected chi connectivity index (χ3v) is 3.78. The van der Waals surface area contributed by atoms with Crippen molar-refractivity contribution in [1.29, 1.82) is 0 Å². The molecule has 1 amide bonds. The molecule has 0 aromatic carbocycles. The van der Waals surface area contributed by atoms with E-state index in [4.69, 9.17) is 4.74 Å². The Hall–Kier alpha value is -1.43. The van der Waals surface area contributed by atoms with E-state index in [-0.39, 0.29) is 11.3 Å². The van der Waals surface area contributed by atoms with Crippen molar-refractivity contribution >= 4 is 23.2 Å². The van der Waals surface area contributed by atoms with Crippen LogP contribution in [-0.4, -0.2) is 23.5 Å². The van der Waals surface area contributed by atoms with E-state index in [9.17, 15) is 9.59 Å². The number of hydrogen-bond donors (Lipinski definition) is 1. The topological polar surface area (TPSA) is 68.3 Å². The lowest BCUT2D eigenvalue weighted by atomic mass is 9.89. The van der Waals surface area contributed by atoms with E-state index in [1.807, 2.05) is 20.8 Å². The number of thiazole rings is 1. The van der Waals surface area contributed by atoms with Gasteiger partial charge >= 0.3 is 5.97 Å². The molecule has 5 nitrogen and oxygen atoms in total. The van der Waals surface area contributed by atoms with Crippen LogP contribution in [0.15, 0.2) is 5.38 Å². The molecule has 0 aliphatic heterocycles. The number of esters is 1. The number of aromatic nitrogens is 1. The minimum Gasteiger partial charge on any atom is -0.461 e. The second-order valence-electron chi connectivity index (χ2n) is 4.77. The van der Waals surface area contributed by atoms with Gasteiger partial charge in [0.25, 0.3) is 0 Å². The van der Waals surface area contributed by atoms with Gasteiger partial charge in [-0.1, -0.05) is 20.8 Å². The molecule has 0 spiro atoms. The van der Waals surface area contributed by atoms with Crippen molar-refractivity contribution in [3.8, 4) is 0 Å². The van der Waals surface area contributed by atoms with Crippen LogP contribution in [0.2, 0.25) is 0 Å². The van der Waals surface area contributed by atoms with E-state index in [0.717, 1.165) is 6.42 Å². The number of nitrogens with zero attached hydrogens (tertiary/aromatic N) is 1. The fourth-order valence-corrected chi connectivity index (χ4v) is 1.95. The van der Waals surface area contributed by atoms with Gasteiger partial charge in [-0.05, 0) is 13.3 Å².